The topological polar surface area (TPSA) is 26.0 Å². The van der Waals surface area contributed by atoms with E-state index in [1.165, 1.54) is 10.5 Å². The van der Waals surface area contributed by atoms with Gasteiger partial charge in [-0.2, -0.15) is 0 Å². The van der Waals surface area contributed by atoms with Crippen molar-refractivity contribution in [1.29, 1.82) is 0 Å². The highest BCUT2D eigenvalue weighted by Gasteiger charge is 2.12. The zero-order valence-corrected chi connectivity index (χ0v) is 5.74. The number of benzene rings is 1. The fraction of sp³-hybridized carbons (Fsp3) is 0.143. The van der Waals surface area contributed by atoms with Gasteiger partial charge in [-0.1, -0.05) is 6.07 Å². The molecule has 1 aliphatic heterocycles. The third kappa shape index (κ3) is 0.704. The Bertz CT molecular complexity index is 245. The first-order chi connectivity index (χ1) is 4.36. The minimum absolute atomic E-state index is 0.876. The van der Waals surface area contributed by atoms with Crippen molar-refractivity contribution in [3.8, 4) is 0 Å². The average Bonchev–Trinajstić information content (AvgIpc) is 1.78. The van der Waals surface area contributed by atoms with Gasteiger partial charge in [-0.15, -0.1) is 11.8 Å². The number of fused-ring (bicyclic) bond motifs is 1. The van der Waals surface area contributed by atoms with Crippen molar-refractivity contribution in [3.05, 3.63) is 23.8 Å². The van der Waals surface area contributed by atoms with Crippen molar-refractivity contribution in [2.45, 2.75) is 10.6 Å². The second kappa shape index (κ2) is 1.67. The molecule has 1 heterocycles. The second-order valence-electron chi connectivity index (χ2n) is 2.16. The van der Waals surface area contributed by atoms with Gasteiger partial charge in [0.25, 0.3) is 0 Å². The summed E-state index contributed by atoms with van der Waals surface area (Å²) in [5.41, 5.74) is 7.86. The van der Waals surface area contributed by atoms with Crippen LogP contribution in [0.3, 0.4) is 0 Å². The van der Waals surface area contributed by atoms with Crippen LogP contribution >= 0.6 is 11.8 Å². The highest BCUT2D eigenvalue weighted by Crippen LogP contribution is 2.38. The van der Waals surface area contributed by atoms with E-state index in [2.05, 4.69) is 6.07 Å². The van der Waals surface area contributed by atoms with E-state index in [0.717, 1.165) is 11.4 Å². The Morgan fingerprint density at radius 2 is 2.33 bits per heavy atom. The van der Waals surface area contributed by atoms with Crippen molar-refractivity contribution in [2.75, 3.05) is 5.73 Å². The molecular weight excluding hydrogens is 130 g/mol. The van der Waals surface area contributed by atoms with Gasteiger partial charge >= 0.3 is 0 Å². The molecule has 0 radical (unpaired) electrons. The first-order valence-electron chi connectivity index (χ1n) is 2.87. The Hall–Kier alpha value is -0.630. The molecule has 1 aliphatic rings. The summed E-state index contributed by atoms with van der Waals surface area (Å²) in [6.45, 7) is 0. The van der Waals surface area contributed by atoms with Crippen molar-refractivity contribution < 1.29 is 0 Å². The van der Waals surface area contributed by atoms with E-state index in [-0.39, 0.29) is 0 Å². The molecule has 0 fully saturated rings. The van der Waals surface area contributed by atoms with Gasteiger partial charge < -0.3 is 5.73 Å². The largest absolute Gasteiger partial charge is 0.399 e. The van der Waals surface area contributed by atoms with Crippen LogP contribution in [-0.2, 0) is 5.75 Å². The van der Waals surface area contributed by atoms with E-state index in [1.807, 2.05) is 23.9 Å². The number of nitrogen functional groups attached to an aromatic ring is 1. The predicted octanol–water partition coefficient (Wildman–Crippen LogP) is 1.87. The van der Waals surface area contributed by atoms with Gasteiger partial charge in [-0.25, -0.2) is 0 Å². The molecule has 0 saturated carbocycles. The summed E-state index contributed by atoms with van der Waals surface area (Å²) in [4.78, 5) is 1.36. The molecule has 0 amide bonds. The molecule has 1 aromatic rings. The van der Waals surface area contributed by atoms with Crippen LogP contribution in [0.25, 0.3) is 0 Å². The monoisotopic (exact) mass is 137 g/mol. The number of hydrogen-bond acceptors (Lipinski definition) is 2. The van der Waals surface area contributed by atoms with Crippen LogP contribution in [0.2, 0.25) is 0 Å². The molecule has 2 N–H and O–H groups in total. The van der Waals surface area contributed by atoms with Crippen molar-refractivity contribution in [1.82, 2.24) is 0 Å². The Kier molecular flexibility index (Phi) is 0.963. The lowest BCUT2D eigenvalue weighted by atomic mass is 10.2. The zero-order chi connectivity index (χ0) is 6.27. The van der Waals surface area contributed by atoms with Crippen molar-refractivity contribution in [3.63, 3.8) is 0 Å². The lowest BCUT2D eigenvalue weighted by Crippen LogP contribution is -1.96. The third-order valence-corrected chi connectivity index (χ3v) is 2.62. The van der Waals surface area contributed by atoms with Gasteiger partial charge in [0.1, 0.15) is 0 Å². The second-order valence-corrected chi connectivity index (χ2v) is 3.17. The van der Waals surface area contributed by atoms with Gasteiger partial charge in [0.15, 0.2) is 0 Å². The molecule has 0 unspecified atom stereocenters. The lowest BCUT2D eigenvalue weighted by Gasteiger charge is -2.17. The summed E-state index contributed by atoms with van der Waals surface area (Å²) < 4.78 is 0. The molecular formula is C7H7NS. The summed E-state index contributed by atoms with van der Waals surface area (Å²) >= 11 is 1.86. The molecule has 1 aromatic carbocycles. The van der Waals surface area contributed by atoms with E-state index >= 15 is 0 Å². The Labute approximate surface area is 58.3 Å². The molecule has 0 atom stereocenters. The van der Waals surface area contributed by atoms with Gasteiger partial charge in [0.05, 0.1) is 0 Å². The van der Waals surface area contributed by atoms with Crippen LogP contribution in [-0.4, -0.2) is 0 Å². The number of nitrogens with two attached hydrogens (primary N) is 1. The van der Waals surface area contributed by atoms with Gasteiger partial charge in [0.2, 0.25) is 0 Å². The van der Waals surface area contributed by atoms with E-state index in [1.54, 1.807) is 0 Å². The minimum atomic E-state index is 0.876. The Balaban J connectivity index is 2.57. The average molecular weight is 137 g/mol. The molecule has 9 heavy (non-hydrogen) atoms. The number of hydrogen-bond donors (Lipinski definition) is 1. The normalized spacial score (nSPS) is 14.2. The van der Waals surface area contributed by atoms with Crippen LogP contribution < -0.4 is 5.73 Å². The number of anilines is 1. The van der Waals surface area contributed by atoms with Crippen LogP contribution in [0.15, 0.2) is 23.1 Å². The SMILES string of the molecule is Nc1ccc2c(c1)SC2. The summed E-state index contributed by atoms with van der Waals surface area (Å²) in [6.07, 6.45) is 0. The fourth-order valence-electron chi connectivity index (χ4n) is 0.900. The highest BCUT2D eigenvalue weighted by atomic mass is 32.2. The lowest BCUT2D eigenvalue weighted by molar-refractivity contribution is 1.20. The summed E-state index contributed by atoms with van der Waals surface area (Å²) in [7, 11) is 0. The predicted molar refractivity (Wildman–Crippen MR) is 40.4 cm³/mol. The highest BCUT2D eigenvalue weighted by molar-refractivity contribution is 8.00. The summed E-state index contributed by atoms with van der Waals surface area (Å²) in [6, 6.07) is 6.09. The van der Waals surface area contributed by atoms with E-state index in [0.29, 0.717) is 0 Å². The van der Waals surface area contributed by atoms with Gasteiger partial charge in [0, 0.05) is 16.3 Å². The Morgan fingerprint density at radius 1 is 1.44 bits per heavy atom. The first-order valence-corrected chi connectivity index (χ1v) is 3.86. The smallest absolute Gasteiger partial charge is 0.0325 e. The summed E-state index contributed by atoms with van der Waals surface area (Å²) in [5, 5.41) is 0. The van der Waals surface area contributed by atoms with Crippen LogP contribution in [0.5, 0.6) is 0 Å². The molecule has 1 nitrogen and oxygen atoms in total. The first kappa shape index (κ1) is 5.18. The maximum Gasteiger partial charge on any atom is 0.0325 e. The molecule has 0 aliphatic carbocycles. The maximum absolute atomic E-state index is 5.55. The zero-order valence-electron chi connectivity index (χ0n) is 4.92. The van der Waals surface area contributed by atoms with E-state index < -0.39 is 0 Å². The molecule has 2 rings (SSSR count). The van der Waals surface area contributed by atoms with E-state index in [4.69, 9.17) is 5.73 Å². The van der Waals surface area contributed by atoms with Gasteiger partial charge in [-0.05, 0) is 17.7 Å². The van der Waals surface area contributed by atoms with Crippen LogP contribution in [0.1, 0.15) is 5.56 Å². The quantitative estimate of drug-likeness (QED) is 0.552. The maximum atomic E-state index is 5.55. The van der Waals surface area contributed by atoms with E-state index in [9.17, 15) is 0 Å². The molecule has 0 aromatic heterocycles. The van der Waals surface area contributed by atoms with Crippen molar-refractivity contribution in [2.24, 2.45) is 0 Å². The van der Waals surface area contributed by atoms with Gasteiger partial charge in [-0.3, -0.25) is 0 Å². The molecule has 0 bridgehead atoms. The standard InChI is InChI=1S/C7H7NS/c8-6-2-1-5-4-9-7(5)3-6/h1-3H,4,8H2. The van der Waals surface area contributed by atoms with Crippen LogP contribution in [0, 0.1) is 0 Å². The summed E-state index contributed by atoms with van der Waals surface area (Å²) in [5.74, 6) is 1.16. The van der Waals surface area contributed by atoms with Crippen molar-refractivity contribution >= 4 is 17.4 Å². The number of rotatable bonds is 0. The Morgan fingerprint density at radius 3 is 2.78 bits per heavy atom. The minimum Gasteiger partial charge on any atom is -0.399 e. The fourth-order valence-corrected chi connectivity index (χ4v) is 1.76. The molecule has 46 valence electrons. The van der Waals surface area contributed by atoms with Crippen LogP contribution in [0.4, 0.5) is 5.69 Å². The molecule has 2 heteroatoms. The number of thioether (sulfide) groups is 1. The molecule has 0 saturated heterocycles. The molecule has 0 spiro atoms. The third-order valence-electron chi connectivity index (χ3n) is 1.47.